The van der Waals surface area contributed by atoms with Crippen molar-refractivity contribution in [3.05, 3.63) is 23.8 Å². The second-order valence-electron chi connectivity index (χ2n) is 7.96. The van der Waals surface area contributed by atoms with Crippen LogP contribution in [0.5, 0.6) is 11.5 Å². The molecule has 3 rings (SSSR count). The number of carbonyl (C=O) groups excluding carboxylic acids is 1. The smallest absolute Gasteiger partial charge is 0.219 e. The number of hydrogen-bond donors (Lipinski definition) is 0. The van der Waals surface area contributed by atoms with Gasteiger partial charge in [0.15, 0.2) is 11.5 Å². The van der Waals surface area contributed by atoms with Crippen LogP contribution in [0.4, 0.5) is 0 Å². The molecule has 150 valence electrons. The summed E-state index contributed by atoms with van der Waals surface area (Å²) in [6, 6.07) is 6.31. The Bertz CT molecular complexity index is 626. The largest absolute Gasteiger partial charge is 0.493 e. The van der Waals surface area contributed by atoms with Gasteiger partial charge in [0.2, 0.25) is 5.91 Å². The molecule has 1 atom stereocenters. The number of nitrogens with zero attached hydrogens (tertiary/aromatic N) is 2. The van der Waals surface area contributed by atoms with Crippen LogP contribution < -0.4 is 9.47 Å². The van der Waals surface area contributed by atoms with Crippen molar-refractivity contribution in [2.45, 2.75) is 46.1 Å². The van der Waals surface area contributed by atoms with Gasteiger partial charge in [-0.05, 0) is 61.8 Å². The lowest BCUT2D eigenvalue weighted by Crippen LogP contribution is -2.39. The van der Waals surface area contributed by atoms with E-state index in [9.17, 15) is 4.79 Å². The average molecular weight is 375 g/mol. The Labute approximate surface area is 163 Å². The Morgan fingerprint density at radius 3 is 2.52 bits per heavy atom. The molecule has 0 spiro atoms. The highest BCUT2D eigenvalue weighted by Gasteiger charge is 2.32. The van der Waals surface area contributed by atoms with Gasteiger partial charge in [-0.2, -0.15) is 0 Å². The molecule has 0 radical (unpaired) electrons. The van der Waals surface area contributed by atoms with E-state index in [-0.39, 0.29) is 5.91 Å². The summed E-state index contributed by atoms with van der Waals surface area (Å²) >= 11 is 0. The summed E-state index contributed by atoms with van der Waals surface area (Å²) in [4.78, 5) is 16.1. The number of amides is 1. The van der Waals surface area contributed by atoms with Gasteiger partial charge >= 0.3 is 0 Å². The first-order chi connectivity index (χ1) is 13.1. The molecule has 1 unspecified atom stereocenters. The predicted octanol–water partition coefficient (Wildman–Crippen LogP) is 3.56. The summed E-state index contributed by atoms with van der Waals surface area (Å²) in [5.74, 6) is 3.42. The van der Waals surface area contributed by atoms with Gasteiger partial charge in [0.05, 0.1) is 13.7 Å². The molecule has 0 aliphatic carbocycles. The third kappa shape index (κ3) is 5.16. The van der Waals surface area contributed by atoms with Crippen LogP contribution in [0.3, 0.4) is 0 Å². The zero-order valence-electron chi connectivity index (χ0n) is 17.1. The first-order valence-corrected chi connectivity index (χ1v) is 10.4. The van der Waals surface area contributed by atoms with Crippen LogP contribution >= 0.6 is 0 Å². The molecule has 1 aromatic carbocycles. The van der Waals surface area contributed by atoms with E-state index in [0.29, 0.717) is 6.61 Å². The SMILES string of the molecule is CCCOc1ccc(CN2CCC(C3CCN(C(C)=O)CC3)C2)cc1OC. The summed E-state index contributed by atoms with van der Waals surface area (Å²) in [5.41, 5.74) is 1.28. The molecule has 2 saturated heterocycles. The van der Waals surface area contributed by atoms with Crippen LogP contribution in [-0.4, -0.2) is 55.6 Å². The number of ether oxygens (including phenoxy) is 2. The van der Waals surface area contributed by atoms with Crippen molar-refractivity contribution < 1.29 is 14.3 Å². The minimum atomic E-state index is 0.224. The van der Waals surface area contributed by atoms with Crippen LogP contribution in [-0.2, 0) is 11.3 Å². The van der Waals surface area contributed by atoms with E-state index in [1.807, 2.05) is 11.0 Å². The fourth-order valence-electron chi connectivity index (χ4n) is 4.48. The zero-order chi connectivity index (χ0) is 19.2. The summed E-state index contributed by atoms with van der Waals surface area (Å²) in [6.45, 7) is 9.67. The number of likely N-dealkylation sites (tertiary alicyclic amines) is 2. The van der Waals surface area contributed by atoms with Crippen molar-refractivity contribution in [2.75, 3.05) is 39.9 Å². The third-order valence-electron chi connectivity index (χ3n) is 6.06. The number of benzene rings is 1. The first kappa shape index (κ1) is 20.0. The molecule has 0 N–H and O–H groups in total. The Hall–Kier alpha value is -1.75. The molecule has 2 aliphatic heterocycles. The maximum Gasteiger partial charge on any atom is 0.219 e. The average Bonchev–Trinajstić information content (AvgIpc) is 3.15. The molecule has 0 aromatic heterocycles. The van der Waals surface area contributed by atoms with Gasteiger partial charge in [-0.25, -0.2) is 0 Å². The Balaban J connectivity index is 1.52. The van der Waals surface area contributed by atoms with Gasteiger partial charge in [0.25, 0.3) is 0 Å². The van der Waals surface area contributed by atoms with Crippen molar-refractivity contribution in [2.24, 2.45) is 11.8 Å². The predicted molar refractivity (Wildman–Crippen MR) is 107 cm³/mol. The quantitative estimate of drug-likeness (QED) is 0.732. The molecule has 0 bridgehead atoms. The fourth-order valence-corrected chi connectivity index (χ4v) is 4.48. The topological polar surface area (TPSA) is 42.0 Å². The van der Waals surface area contributed by atoms with Crippen LogP contribution in [0, 0.1) is 11.8 Å². The number of piperidine rings is 1. The molecule has 2 fully saturated rings. The van der Waals surface area contributed by atoms with Crippen molar-refractivity contribution in [1.82, 2.24) is 9.80 Å². The molecule has 5 heteroatoms. The zero-order valence-corrected chi connectivity index (χ0v) is 17.1. The molecular formula is C22H34N2O3. The Morgan fingerprint density at radius 1 is 1.11 bits per heavy atom. The van der Waals surface area contributed by atoms with Crippen LogP contribution in [0.2, 0.25) is 0 Å². The minimum absolute atomic E-state index is 0.224. The lowest BCUT2D eigenvalue weighted by molar-refractivity contribution is -0.130. The second-order valence-corrected chi connectivity index (χ2v) is 7.96. The molecule has 5 nitrogen and oxygen atoms in total. The molecule has 1 amide bonds. The monoisotopic (exact) mass is 374 g/mol. The molecule has 0 saturated carbocycles. The summed E-state index contributed by atoms with van der Waals surface area (Å²) in [7, 11) is 1.71. The third-order valence-corrected chi connectivity index (χ3v) is 6.06. The van der Waals surface area contributed by atoms with E-state index in [4.69, 9.17) is 9.47 Å². The molecule has 1 aromatic rings. The van der Waals surface area contributed by atoms with Crippen LogP contribution in [0.15, 0.2) is 18.2 Å². The number of rotatable bonds is 7. The first-order valence-electron chi connectivity index (χ1n) is 10.4. The van der Waals surface area contributed by atoms with Gasteiger partial charge in [-0.3, -0.25) is 9.69 Å². The summed E-state index contributed by atoms with van der Waals surface area (Å²) in [5, 5.41) is 0. The minimum Gasteiger partial charge on any atom is -0.493 e. The van der Waals surface area contributed by atoms with Crippen molar-refractivity contribution in [1.29, 1.82) is 0 Å². The van der Waals surface area contributed by atoms with Crippen molar-refractivity contribution in [3.8, 4) is 11.5 Å². The van der Waals surface area contributed by atoms with Crippen molar-refractivity contribution in [3.63, 3.8) is 0 Å². The molecule has 27 heavy (non-hydrogen) atoms. The van der Waals surface area contributed by atoms with Crippen molar-refractivity contribution >= 4 is 5.91 Å². The Kier molecular flexibility index (Phi) is 7.00. The highest BCUT2D eigenvalue weighted by atomic mass is 16.5. The van der Waals surface area contributed by atoms with E-state index >= 15 is 0 Å². The fraction of sp³-hybridized carbons (Fsp3) is 0.682. The lowest BCUT2D eigenvalue weighted by Gasteiger charge is -2.34. The number of carbonyl (C=O) groups is 1. The molecular weight excluding hydrogens is 340 g/mol. The highest BCUT2D eigenvalue weighted by Crippen LogP contribution is 2.33. The maximum atomic E-state index is 11.5. The highest BCUT2D eigenvalue weighted by molar-refractivity contribution is 5.73. The normalized spacial score (nSPS) is 21.4. The van der Waals surface area contributed by atoms with E-state index in [2.05, 4.69) is 24.0 Å². The molecule has 2 aliphatic rings. The van der Waals surface area contributed by atoms with Gasteiger partial charge in [-0.1, -0.05) is 13.0 Å². The standard InChI is InChI=1S/C22H34N2O3/c1-4-13-27-21-6-5-18(14-22(21)26-3)15-23-10-7-20(16-23)19-8-11-24(12-9-19)17(2)25/h5-6,14,19-20H,4,7-13,15-16H2,1-3H3. The summed E-state index contributed by atoms with van der Waals surface area (Å²) < 4.78 is 11.3. The number of methoxy groups -OCH3 is 1. The lowest BCUT2D eigenvalue weighted by atomic mass is 9.84. The Morgan fingerprint density at radius 2 is 1.85 bits per heavy atom. The summed E-state index contributed by atoms with van der Waals surface area (Å²) in [6.07, 6.45) is 4.59. The van der Waals surface area contributed by atoms with Gasteiger partial charge in [0, 0.05) is 33.1 Å². The van der Waals surface area contributed by atoms with Gasteiger partial charge in [-0.15, -0.1) is 0 Å². The van der Waals surface area contributed by atoms with E-state index in [1.165, 1.54) is 18.5 Å². The van der Waals surface area contributed by atoms with Crippen LogP contribution in [0.1, 0.15) is 45.1 Å². The van der Waals surface area contributed by atoms with E-state index in [1.54, 1.807) is 14.0 Å². The second kappa shape index (κ2) is 9.45. The van der Waals surface area contributed by atoms with E-state index < -0.39 is 0 Å². The van der Waals surface area contributed by atoms with E-state index in [0.717, 1.165) is 68.8 Å². The van der Waals surface area contributed by atoms with Crippen LogP contribution in [0.25, 0.3) is 0 Å². The van der Waals surface area contributed by atoms with Gasteiger partial charge < -0.3 is 14.4 Å². The van der Waals surface area contributed by atoms with Gasteiger partial charge in [0.1, 0.15) is 0 Å². The number of hydrogen-bond acceptors (Lipinski definition) is 4. The molecule has 2 heterocycles. The maximum absolute atomic E-state index is 11.5.